The van der Waals surface area contributed by atoms with Gasteiger partial charge in [-0.05, 0) is 29.8 Å². The van der Waals surface area contributed by atoms with Gasteiger partial charge in [0, 0.05) is 21.0 Å². The van der Waals surface area contributed by atoms with Gasteiger partial charge >= 0.3 is 0 Å². The van der Waals surface area contributed by atoms with Gasteiger partial charge in [0.2, 0.25) is 5.96 Å². The van der Waals surface area contributed by atoms with Crippen LogP contribution < -0.4 is 10.7 Å². The third kappa shape index (κ3) is 4.17. The monoisotopic (exact) mass is 489 g/mol. The first-order valence-electron chi connectivity index (χ1n) is 9.71. The fourth-order valence-electron chi connectivity index (χ4n) is 3.53. The number of para-hydroxylation sites is 1. The lowest BCUT2D eigenvalue weighted by Crippen LogP contribution is -2.39. The number of aliphatic imine (C=N–C) groups is 1. The van der Waals surface area contributed by atoms with E-state index < -0.39 is 0 Å². The van der Waals surface area contributed by atoms with Gasteiger partial charge in [-0.25, -0.2) is 15.4 Å². The summed E-state index contributed by atoms with van der Waals surface area (Å²) < 4.78 is 1.01. The maximum atomic E-state index is 6.33. The summed E-state index contributed by atoms with van der Waals surface area (Å²) >= 11 is 9.89. The van der Waals surface area contributed by atoms with Crippen LogP contribution in [0.2, 0.25) is 5.15 Å². The highest BCUT2D eigenvalue weighted by atomic mass is 79.9. The van der Waals surface area contributed by atoms with E-state index in [4.69, 9.17) is 16.6 Å². The van der Waals surface area contributed by atoms with Crippen LogP contribution in [0.3, 0.4) is 0 Å². The van der Waals surface area contributed by atoms with Crippen molar-refractivity contribution in [3.05, 3.63) is 105 Å². The predicted octanol–water partition coefficient (Wildman–Crippen LogP) is 5.40. The Kier molecular flexibility index (Phi) is 5.40. The fraction of sp³-hybridized carbons (Fsp3) is 0.0417. The quantitative estimate of drug-likeness (QED) is 0.294. The lowest BCUT2D eigenvalue weighted by molar-refractivity contribution is 0.866. The van der Waals surface area contributed by atoms with Crippen LogP contribution in [0.15, 0.2) is 99.0 Å². The van der Waals surface area contributed by atoms with E-state index in [0.29, 0.717) is 11.1 Å². The van der Waals surface area contributed by atoms with E-state index in [1.165, 1.54) is 0 Å². The first kappa shape index (κ1) is 19.7. The molecule has 5 nitrogen and oxygen atoms in total. The van der Waals surface area contributed by atoms with Gasteiger partial charge in [-0.15, -0.1) is 0 Å². The third-order valence-corrected chi connectivity index (χ3v) is 5.79. The standard InChI is InChI=1S/C24H17BrClN5/c25-18-10-11-21-19(13-18)22(15-6-2-1-3-7-15)30-24(29-21)31-27-14-17-12-16-8-4-5-9-20(16)28-23(17)26/h1-14,21H,(H2,29,30,31)/b27-14-/t21-/m0/s1. The molecule has 0 spiro atoms. The molecule has 7 heteroatoms. The van der Waals surface area contributed by atoms with Crippen molar-refractivity contribution in [1.29, 1.82) is 0 Å². The minimum Gasteiger partial charge on any atom is -0.324 e. The number of hydrazone groups is 1. The SMILES string of the molecule is Clc1nc2ccccc2cc1/C=N\NC1=N[C@H]2C=CC(Br)=CC2=C(c2ccccc2)N1. The van der Waals surface area contributed by atoms with Gasteiger partial charge in [0.15, 0.2) is 0 Å². The molecule has 1 atom stereocenters. The fourth-order valence-corrected chi connectivity index (χ4v) is 4.12. The molecule has 2 N–H and O–H groups in total. The molecule has 0 saturated carbocycles. The Bertz CT molecular complexity index is 1310. The molecular weight excluding hydrogens is 474 g/mol. The summed E-state index contributed by atoms with van der Waals surface area (Å²) in [6.45, 7) is 0. The van der Waals surface area contributed by atoms with Crippen LogP contribution in [0.25, 0.3) is 16.6 Å². The second kappa shape index (κ2) is 8.49. The molecule has 5 rings (SSSR count). The van der Waals surface area contributed by atoms with Crippen molar-refractivity contribution in [2.24, 2.45) is 10.1 Å². The van der Waals surface area contributed by atoms with Crippen LogP contribution in [-0.4, -0.2) is 23.2 Å². The summed E-state index contributed by atoms with van der Waals surface area (Å²) in [5, 5.41) is 9.13. The number of nitrogens with zero attached hydrogens (tertiary/aromatic N) is 3. The highest BCUT2D eigenvalue weighted by Crippen LogP contribution is 2.30. The molecule has 152 valence electrons. The average Bonchev–Trinajstić information content (AvgIpc) is 2.79. The molecule has 0 unspecified atom stereocenters. The largest absolute Gasteiger partial charge is 0.324 e. The molecule has 1 aromatic heterocycles. The van der Waals surface area contributed by atoms with Crippen molar-refractivity contribution >= 4 is 56.3 Å². The summed E-state index contributed by atoms with van der Waals surface area (Å²) in [6, 6.07) is 19.9. The van der Waals surface area contributed by atoms with E-state index in [0.717, 1.165) is 37.8 Å². The molecule has 3 aromatic rings. The van der Waals surface area contributed by atoms with Gasteiger partial charge in [-0.3, -0.25) is 0 Å². The van der Waals surface area contributed by atoms with E-state index in [1.807, 2.05) is 54.6 Å². The maximum absolute atomic E-state index is 6.33. The van der Waals surface area contributed by atoms with E-state index in [2.05, 4.69) is 61.0 Å². The topological polar surface area (TPSA) is 61.7 Å². The minimum atomic E-state index is -0.0959. The maximum Gasteiger partial charge on any atom is 0.217 e. The lowest BCUT2D eigenvalue weighted by atomic mass is 9.95. The summed E-state index contributed by atoms with van der Waals surface area (Å²) in [4.78, 5) is 9.17. The summed E-state index contributed by atoms with van der Waals surface area (Å²) in [5.41, 5.74) is 7.76. The molecule has 31 heavy (non-hydrogen) atoms. The number of pyridine rings is 1. The number of benzene rings is 2. The number of fused-ring (bicyclic) bond motifs is 2. The second-order valence-electron chi connectivity index (χ2n) is 7.06. The van der Waals surface area contributed by atoms with Crippen molar-refractivity contribution in [3.63, 3.8) is 0 Å². The van der Waals surface area contributed by atoms with Gasteiger partial charge in [-0.1, -0.05) is 82.1 Å². The van der Waals surface area contributed by atoms with Gasteiger partial charge in [-0.2, -0.15) is 5.10 Å². The van der Waals surface area contributed by atoms with Gasteiger partial charge in [0.1, 0.15) is 5.15 Å². The van der Waals surface area contributed by atoms with Crippen LogP contribution in [0.4, 0.5) is 0 Å². The molecule has 0 amide bonds. The number of rotatable bonds is 3. The zero-order valence-corrected chi connectivity index (χ0v) is 18.6. The molecule has 2 heterocycles. The Morgan fingerprint density at radius 2 is 1.90 bits per heavy atom. The molecule has 0 radical (unpaired) electrons. The second-order valence-corrected chi connectivity index (χ2v) is 8.34. The molecule has 2 aliphatic rings. The molecule has 0 bridgehead atoms. The van der Waals surface area contributed by atoms with Crippen LogP contribution in [0.1, 0.15) is 11.1 Å². The summed E-state index contributed by atoms with van der Waals surface area (Å²) in [7, 11) is 0. The number of aromatic nitrogens is 1. The Morgan fingerprint density at radius 1 is 1.10 bits per heavy atom. The van der Waals surface area contributed by atoms with Gasteiger partial charge in [0.05, 0.1) is 23.5 Å². The van der Waals surface area contributed by atoms with Gasteiger partial charge in [0.25, 0.3) is 0 Å². The number of guanidine groups is 1. The third-order valence-electron chi connectivity index (χ3n) is 4.99. The Hall–Kier alpha value is -3.22. The van der Waals surface area contributed by atoms with Crippen molar-refractivity contribution in [2.45, 2.75) is 6.04 Å². The van der Waals surface area contributed by atoms with Gasteiger partial charge < -0.3 is 5.32 Å². The number of halogens is 2. The molecule has 0 fully saturated rings. The Morgan fingerprint density at radius 3 is 2.77 bits per heavy atom. The smallest absolute Gasteiger partial charge is 0.217 e. The normalized spacial score (nSPS) is 17.9. The zero-order chi connectivity index (χ0) is 21.2. The molecule has 0 saturated heterocycles. The van der Waals surface area contributed by atoms with Crippen molar-refractivity contribution < 1.29 is 0 Å². The van der Waals surface area contributed by atoms with E-state index in [1.54, 1.807) is 6.21 Å². The summed E-state index contributed by atoms with van der Waals surface area (Å²) in [6.07, 6.45) is 7.80. The zero-order valence-electron chi connectivity index (χ0n) is 16.3. The Balaban J connectivity index is 1.41. The first-order chi connectivity index (χ1) is 15.2. The summed E-state index contributed by atoms with van der Waals surface area (Å²) in [5.74, 6) is 0.560. The number of hydrogen-bond acceptors (Lipinski definition) is 5. The van der Waals surface area contributed by atoms with Crippen molar-refractivity contribution in [3.8, 4) is 0 Å². The Labute approximate surface area is 193 Å². The van der Waals surface area contributed by atoms with Crippen LogP contribution in [0, 0.1) is 0 Å². The van der Waals surface area contributed by atoms with E-state index >= 15 is 0 Å². The number of allylic oxidation sites excluding steroid dienone is 2. The highest BCUT2D eigenvalue weighted by molar-refractivity contribution is 9.11. The van der Waals surface area contributed by atoms with E-state index in [9.17, 15) is 0 Å². The average molecular weight is 491 g/mol. The molecule has 1 aliphatic heterocycles. The molecule has 2 aromatic carbocycles. The number of hydrogen-bond donors (Lipinski definition) is 2. The highest BCUT2D eigenvalue weighted by Gasteiger charge is 2.24. The van der Waals surface area contributed by atoms with E-state index in [-0.39, 0.29) is 6.04 Å². The predicted molar refractivity (Wildman–Crippen MR) is 131 cm³/mol. The van der Waals surface area contributed by atoms with Crippen LogP contribution in [0.5, 0.6) is 0 Å². The number of nitrogens with one attached hydrogen (secondary N) is 2. The van der Waals surface area contributed by atoms with Crippen molar-refractivity contribution in [2.75, 3.05) is 0 Å². The van der Waals surface area contributed by atoms with Crippen LogP contribution >= 0.6 is 27.5 Å². The lowest BCUT2D eigenvalue weighted by Gasteiger charge is -2.26. The first-order valence-corrected chi connectivity index (χ1v) is 10.9. The van der Waals surface area contributed by atoms with Crippen molar-refractivity contribution in [1.82, 2.24) is 15.7 Å². The van der Waals surface area contributed by atoms with Crippen LogP contribution in [-0.2, 0) is 0 Å². The molecular formula is C24H17BrClN5. The molecule has 1 aliphatic carbocycles. The minimum absolute atomic E-state index is 0.0959.